The molecule has 4 rings (SSSR count). The van der Waals surface area contributed by atoms with Gasteiger partial charge in [0.25, 0.3) is 17.7 Å². The van der Waals surface area contributed by atoms with Crippen molar-refractivity contribution in [3.63, 3.8) is 0 Å². The van der Waals surface area contributed by atoms with Crippen LogP contribution in [0.15, 0.2) is 23.3 Å². The summed E-state index contributed by atoms with van der Waals surface area (Å²) < 4.78 is 5.34. The summed E-state index contributed by atoms with van der Waals surface area (Å²) in [7, 11) is 0. The zero-order valence-corrected chi connectivity index (χ0v) is 14.8. The van der Waals surface area contributed by atoms with Gasteiger partial charge >= 0.3 is 0 Å². The van der Waals surface area contributed by atoms with Crippen LogP contribution in [0.4, 0.5) is 11.4 Å². The quantitative estimate of drug-likeness (QED) is 0.704. The van der Waals surface area contributed by atoms with Gasteiger partial charge in [0, 0.05) is 24.1 Å². The number of hydrogen-bond acceptors (Lipinski definition) is 5. The van der Waals surface area contributed by atoms with Gasteiger partial charge in [-0.15, -0.1) is 0 Å². The van der Waals surface area contributed by atoms with Gasteiger partial charge in [-0.1, -0.05) is 11.6 Å². The molecule has 1 aromatic carbocycles. The van der Waals surface area contributed by atoms with E-state index in [9.17, 15) is 19.2 Å². The van der Waals surface area contributed by atoms with Crippen molar-refractivity contribution in [2.75, 3.05) is 16.4 Å². The van der Waals surface area contributed by atoms with E-state index in [1.807, 2.05) is 0 Å². The lowest BCUT2D eigenvalue weighted by atomic mass is 9.93. The molecule has 0 fully saturated rings. The van der Waals surface area contributed by atoms with Crippen LogP contribution in [0.5, 0.6) is 5.75 Å². The van der Waals surface area contributed by atoms with Crippen LogP contribution in [0.3, 0.4) is 0 Å². The molecule has 0 N–H and O–H groups in total. The van der Waals surface area contributed by atoms with Gasteiger partial charge in [-0.25, -0.2) is 9.80 Å². The van der Waals surface area contributed by atoms with Crippen LogP contribution in [-0.4, -0.2) is 30.2 Å². The molecule has 0 radical (unpaired) electrons. The minimum Gasteiger partial charge on any atom is -0.481 e. The highest BCUT2D eigenvalue weighted by Crippen LogP contribution is 2.44. The minimum absolute atomic E-state index is 0.142. The smallest absolute Gasteiger partial charge is 0.271 e. The summed E-state index contributed by atoms with van der Waals surface area (Å²) in [5.74, 6) is -1.52. The fourth-order valence-electron chi connectivity index (χ4n) is 3.64. The number of carbonyl (C=O) groups excluding carboxylic acids is 4. The third-order valence-corrected chi connectivity index (χ3v) is 5.12. The van der Waals surface area contributed by atoms with Crippen molar-refractivity contribution in [3.8, 4) is 5.75 Å². The molecular weight excluding hydrogens is 360 g/mol. The molecule has 3 aliphatic rings. The Hall–Kier alpha value is -2.67. The third-order valence-electron chi connectivity index (χ3n) is 4.82. The van der Waals surface area contributed by atoms with Crippen molar-refractivity contribution >= 4 is 46.6 Å². The van der Waals surface area contributed by atoms with E-state index in [0.29, 0.717) is 24.0 Å². The number of fused-ring (bicyclic) bond motifs is 1. The van der Waals surface area contributed by atoms with Crippen LogP contribution in [0, 0.1) is 0 Å². The predicted molar refractivity (Wildman–Crippen MR) is 93.1 cm³/mol. The van der Waals surface area contributed by atoms with Crippen LogP contribution in [-0.2, 0) is 19.2 Å². The first-order valence-electron chi connectivity index (χ1n) is 8.31. The average Bonchev–Trinajstić information content (AvgIpc) is 2.86. The lowest BCUT2D eigenvalue weighted by Crippen LogP contribution is -2.42. The van der Waals surface area contributed by atoms with Crippen molar-refractivity contribution in [1.29, 1.82) is 0 Å². The maximum atomic E-state index is 12.8. The van der Waals surface area contributed by atoms with Crippen molar-refractivity contribution in [1.82, 2.24) is 0 Å². The van der Waals surface area contributed by atoms with Gasteiger partial charge in [0.2, 0.25) is 5.91 Å². The largest absolute Gasteiger partial charge is 0.481 e. The Morgan fingerprint density at radius 3 is 2.23 bits per heavy atom. The molecule has 1 aliphatic carbocycles. The van der Waals surface area contributed by atoms with Crippen LogP contribution in [0.2, 0.25) is 5.02 Å². The molecule has 2 aliphatic heterocycles. The van der Waals surface area contributed by atoms with E-state index < -0.39 is 11.8 Å². The molecule has 0 aromatic heterocycles. The molecular formula is C18H15ClN2O5. The Bertz CT molecular complexity index is 892. The summed E-state index contributed by atoms with van der Waals surface area (Å²) >= 11 is 6.30. The molecule has 0 saturated carbocycles. The molecule has 1 aromatic rings. The number of anilines is 2. The number of amides is 4. The monoisotopic (exact) mass is 374 g/mol. The SMILES string of the molecule is CC(=O)N1C(=O)COc2cc(Cl)c(N3C(=O)C4=C(CCCC4)C3=O)cc21. The number of ether oxygens (including phenoxy) is 1. The van der Waals surface area contributed by atoms with Gasteiger partial charge in [0.05, 0.1) is 16.4 Å². The zero-order chi connectivity index (χ0) is 18.6. The van der Waals surface area contributed by atoms with Crippen LogP contribution < -0.4 is 14.5 Å². The van der Waals surface area contributed by atoms with Crippen molar-refractivity contribution in [3.05, 3.63) is 28.3 Å². The number of hydrogen-bond donors (Lipinski definition) is 0. The topological polar surface area (TPSA) is 84.0 Å². The van der Waals surface area contributed by atoms with Gasteiger partial charge in [-0.3, -0.25) is 19.2 Å². The lowest BCUT2D eigenvalue weighted by Gasteiger charge is -2.28. The second-order valence-electron chi connectivity index (χ2n) is 6.42. The molecule has 0 spiro atoms. The zero-order valence-electron chi connectivity index (χ0n) is 14.0. The molecule has 0 unspecified atom stereocenters. The van der Waals surface area contributed by atoms with Gasteiger partial charge in [-0.2, -0.15) is 0 Å². The maximum Gasteiger partial charge on any atom is 0.271 e. The summed E-state index contributed by atoms with van der Waals surface area (Å²) in [6, 6.07) is 2.82. The predicted octanol–water partition coefficient (Wildman–Crippen LogP) is 2.36. The normalized spacial score (nSPS) is 19.5. The summed E-state index contributed by atoms with van der Waals surface area (Å²) in [6.45, 7) is 0.980. The van der Waals surface area contributed by atoms with Gasteiger partial charge < -0.3 is 4.74 Å². The second kappa shape index (κ2) is 5.95. The molecule has 0 saturated heterocycles. The second-order valence-corrected chi connectivity index (χ2v) is 6.83. The Labute approximate surface area is 154 Å². The van der Waals surface area contributed by atoms with E-state index in [2.05, 4.69) is 0 Å². The number of halogens is 1. The Morgan fingerprint density at radius 2 is 1.65 bits per heavy atom. The average molecular weight is 375 g/mol. The highest BCUT2D eigenvalue weighted by Gasteiger charge is 2.41. The van der Waals surface area contributed by atoms with E-state index in [1.54, 1.807) is 0 Å². The number of benzene rings is 1. The number of rotatable bonds is 1. The summed E-state index contributed by atoms with van der Waals surface area (Å²) in [6.07, 6.45) is 2.87. The van der Waals surface area contributed by atoms with Crippen molar-refractivity contribution < 1.29 is 23.9 Å². The molecule has 0 atom stereocenters. The molecule has 4 amide bonds. The molecule has 7 nitrogen and oxygen atoms in total. The first kappa shape index (κ1) is 16.8. The summed E-state index contributed by atoms with van der Waals surface area (Å²) in [4.78, 5) is 51.5. The highest BCUT2D eigenvalue weighted by molar-refractivity contribution is 6.39. The standard InChI is InChI=1S/C18H15ClN2O5/c1-9(22)20-14-7-13(12(19)6-15(14)26-8-16(20)23)21-17(24)10-4-2-3-5-11(10)18(21)25/h6-7H,2-5,8H2,1H3. The van der Waals surface area contributed by atoms with Crippen LogP contribution in [0.1, 0.15) is 32.6 Å². The van der Waals surface area contributed by atoms with E-state index >= 15 is 0 Å². The Morgan fingerprint density at radius 1 is 1.04 bits per heavy atom. The van der Waals surface area contributed by atoms with E-state index in [-0.39, 0.29) is 40.6 Å². The number of nitrogens with zero attached hydrogens (tertiary/aromatic N) is 2. The van der Waals surface area contributed by atoms with E-state index in [4.69, 9.17) is 16.3 Å². The van der Waals surface area contributed by atoms with Crippen LogP contribution >= 0.6 is 11.6 Å². The first-order chi connectivity index (χ1) is 12.4. The summed E-state index contributed by atoms with van der Waals surface area (Å²) in [5.41, 5.74) is 1.40. The Kier molecular flexibility index (Phi) is 3.84. The van der Waals surface area contributed by atoms with Gasteiger partial charge in [0.1, 0.15) is 5.75 Å². The third kappa shape index (κ3) is 2.34. The molecule has 134 valence electrons. The van der Waals surface area contributed by atoms with Crippen molar-refractivity contribution in [2.24, 2.45) is 0 Å². The molecule has 26 heavy (non-hydrogen) atoms. The number of carbonyl (C=O) groups is 4. The van der Waals surface area contributed by atoms with Gasteiger partial charge in [-0.05, 0) is 31.7 Å². The minimum atomic E-state index is -0.519. The summed E-state index contributed by atoms with van der Waals surface area (Å²) in [5, 5.41) is 0.142. The number of imide groups is 2. The lowest BCUT2D eigenvalue weighted by molar-refractivity contribution is -0.127. The van der Waals surface area contributed by atoms with E-state index in [0.717, 1.165) is 22.6 Å². The fourth-order valence-corrected chi connectivity index (χ4v) is 3.87. The van der Waals surface area contributed by atoms with E-state index in [1.165, 1.54) is 19.1 Å². The fraction of sp³-hybridized carbons (Fsp3) is 0.333. The maximum absolute atomic E-state index is 12.8. The molecule has 0 bridgehead atoms. The van der Waals surface area contributed by atoms with Crippen LogP contribution in [0.25, 0.3) is 0 Å². The van der Waals surface area contributed by atoms with Crippen molar-refractivity contribution in [2.45, 2.75) is 32.6 Å². The first-order valence-corrected chi connectivity index (χ1v) is 8.68. The van der Waals surface area contributed by atoms with Gasteiger partial charge in [0.15, 0.2) is 6.61 Å². The highest BCUT2D eigenvalue weighted by atomic mass is 35.5. The molecule has 8 heteroatoms. The molecule has 2 heterocycles. The Balaban J connectivity index is 1.82.